The van der Waals surface area contributed by atoms with E-state index in [9.17, 15) is 4.79 Å². The Bertz CT molecular complexity index is 450. The van der Waals surface area contributed by atoms with Crippen LogP contribution in [0.25, 0.3) is 0 Å². The Labute approximate surface area is 142 Å². The second kappa shape index (κ2) is 11.6. The van der Waals surface area contributed by atoms with Gasteiger partial charge in [0.25, 0.3) is 0 Å². The molecule has 0 aliphatic heterocycles. The monoisotopic (exact) mass is 346 g/mol. The van der Waals surface area contributed by atoms with E-state index < -0.39 is 0 Å². The summed E-state index contributed by atoms with van der Waals surface area (Å²) in [6, 6.07) is 4.86. The van der Waals surface area contributed by atoms with Gasteiger partial charge in [-0.05, 0) is 24.6 Å². The summed E-state index contributed by atoms with van der Waals surface area (Å²) in [5, 5.41) is 0.909. The Morgan fingerprint density at radius 2 is 1.73 bits per heavy atom. The zero-order valence-electron chi connectivity index (χ0n) is 13.1. The van der Waals surface area contributed by atoms with Crippen molar-refractivity contribution in [2.24, 2.45) is 0 Å². The molecule has 0 fully saturated rings. The molecule has 3 nitrogen and oxygen atoms in total. The van der Waals surface area contributed by atoms with E-state index in [-0.39, 0.29) is 12.6 Å². The summed E-state index contributed by atoms with van der Waals surface area (Å²) in [6.07, 6.45) is 8.33. The highest BCUT2D eigenvalue weighted by Crippen LogP contribution is 2.27. The Morgan fingerprint density at radius 1 is 1.05 bits per heavy atom. The van der Waals surface area contributed by atoms with E-state index >= 15 is 0 Å². The van der Waals surface area contributed by atoms with Crippen LogP contribution >= 0.6 is 23.2 Å². The number of carbonyl (C=O) groups excluding carboxylic acids is 1. The quantitative estimate of drug-likeness (QED) is 0.382. The smallest absolute Gasteiger partial charge is 0.344 e. The molecule has 0 N–H and O–H groups in total. The van der Waals surface area contributed by atoms with Gasteiger partial charge in [-0.15, -0.1) is 0 Å². The molecule has 0 bridgehead atoms. The maximum atomic E-state index is 11.6. The summed E-state index contributed by atoms with van der Waals surface area (Å²) >= 11 is 11.7. The van der Waals surface area contributed by atoms with Gasteiger partial charge in [-0.3, -0.25) is 0 Å². The number of esters is 1. The van der Waals surface area contributed by atoms with Crippen molar-refractivity contribution in [1.82, 2.24) is 0 Å². The highest BCUT2D eigenvalue weighted by Gasteiger charge is 2.07. The number of rotatable bonds is 11. The summed E-state index contributed by atoms with van der Waals surface area (Å²) in [5.41, 5.74) is 0. The minimum absolute atomic E-state index is 0.141. The molecular weight excluding hydrogens is 323 g/mol. The van der Waals surface area contributed by atoms with E-state index in [1.807, 2.05) is 0 Å². The third-order valence-electron chi connectivity index (χ3n) is 3.25. The molecule has 0 spiro atoms. The Morgan fingerprint density at radius 3 is 2.41 bits per heavy atom. The van der Waals surface area contributed by atoms with Gasteiger partial charge in [0.05, 0.1) is 11.6 Å². The second-order valence-electron chi connectivity index (χ2n) is 5.21. The molecule has 0 saturated carbocycles. The van der Waals surface area contributed by atoms with Crippen LogP contribution in [0, 0.1) is 0 Å². The van der Waals surface area contributed by atoms with Crippen LogP contribution < -0.4 is 4.74 Å². The summed E-state index contributed by atoms with van der Waals surface area (Å²) < 4.78 is 10.4. The fourth-order valence-electron chi connectivity index (χ4n) is 2.02. The number of benzene rings is 1. The number of ether oxygens (including phenoxy) is 2. The third kappa shape index (κ3) is 8.50. The standard InChI is InChI=1S/C17H24Cl2O3/c1-2-3-4-5-6-7-8-11-21-17(20)13-22-16-10-9-14(18)12-15(16)19/h9-10,12H,2-8,11,13H2,1H3. The predicted molar refractivity (Wildman–Crippen MR) is 90.9 cm³/mol. The van der Waals surface area contributed by atoms with E-state index in [1.54, 1.807) is 18.2 Å². The van der Waals surface area contributed by atoms with E-state index in [1.165, 1.54) is 32.1 Å². The first-order chi connectivity index (χ1) is 10.6. The first-order valence-corrected chi connectivity index (χ1v) is 8.62. The highest BCUT2D eigenvalue weighted by molar-refractivity contribution is 6.35. The van der Waals surface area contributed by atoms with E-state index in [4.69, 9.17) is 32.7 Å². The van der Waals surface area contributed by atoms with Crippen molar-refractivity contribution in [2.45, 2.75) is 51.9 Å². The fourth-order valence-corrected chi connectivity index (χ4v) is 2.48. The number of carbonyl (C=O) groups is 1. The van der Waals surface area contributed by atoms with Gasteiger partial charge in [0, 0.05) is 5.02 Å². The molecule has 0 saturated heterocycles. The third-order valence-corrected chi connectivity index (χ3v) is 3.78. The van der Waals surface area contributed by atoms with Gasteiger partial charge in [-0.2, -0.15) is 0 Å². The first-order valence-electron chi connectivity index (χ1n) is 7.87. The lowest BCUT2D eigenvalue weighted by atomic mass is 10.1. The number of halogens is 2. The van der Waals surface area contributed by atoms with Crippen LogP contribution in [0.4, 0.5) is 0 Å². The van der Waals surface area contributed by atoms with Crippen LogP contribution in [0.3, 0.4) is 0 Å². The Balaban J connectivity index is 2.06. The molecule has 0 unspecified atom stereocenters. The van der Waals surface area contributed by atoms with Crippen molar-refractivity contribution < 1.29 is 14.3 Å². The van der Waals surface area contributed by atoms with Gasteiger partial charge in [0.1, 0.15) is 5.75 Å². The molecule has 0 aromatic heterocycles. The van der Waals surface area contributed by atoms with Gasteiger partial charge < -0.3 is 9.47 Å². The zero-order valence-corrected chi connectivity index (χ0v) is 14.6. The van der Waals surface area contributed by atoms with Crippen molar-refractivity contribution in [3.8, 4) is 5.75 Å². The van der Waals surface area contributed by atoms with Gasteiger partial charge in [0.2, 0.25) is 0 Å². The average Bonchev–Trinajstić information content (AvgIpc) is 2.49. The fraction of sp³-hybridized carbons (Fsp3) is 0.588. The summed E-state index contributed by atoms with van der Waals surface area (Å²) in [6.45, 7) is 2.51. The van der Waals surface area contributed by atoms with Crippen LogP contribution in [-0.2, 0) is 9.53 Å². The minimum atomic E-state index is -0.378. The summed E-state index contributed by atoms with van der Waals surface area (Å²) in [4.78, 5) is 11.6. The van der Waals surface area contributed by atoms with Crippen molar-refractivity contribution in [2.75, 3.05) is 13.2 Å². The summed E-state index contributed by atoms with van der Waals surface area (Å²) in [7, 11) is 0. The number of hydrogen-bond donors (Lipinski definition) is 0. The predicted octanol–water partition coefficient (Wildman–Crippen LogP) is 5.67. The van der Waals surface area contributed by atoms with Crippen molar-refractivity contribution in [1.29, 1.82) is 0 Å². The Hall–Kier alpha value is -0.930. The molecule has 0 heterocycles. The number of hydrogen-bond acceptors (Lipinski definition) is 3. The van der Waals surface area contributed by atoms with Gasteiger partial charge in [-0.1, -0.05) is 68.7 Å². The SMILES string of the molecule is CCCCCCCCCOC(=O)COc1ccc(Cl)cc1Cl. The molecule has 22 heavy (non-hydrogen) atoms. The van der Waals surface area contributed by atoms with Crippen molar-refractivity contribution >= 4 is 29.2 Å². The van der Waals surface area contributed by atoms with Crippen molar-refractivity contribution in [3.63, 3.8) is 0 Å². The molecule has 0 aliphatic rings. The van der Waals surface area contributed by atoms with E-state index in [0.29, 0.717) is 22.4 Å². The van der Waals surface area contributed by atoms with Crippen molar-refractivity contribution in [3.05, 3.63) is 28.2 Å². The molecule has 0 atom stereocenters. The highest BCUT2D eigenvalue weighted by atomic mass is 35.5. The minimum Gasteiger partial charge on any atom is -0.480 e. The van der Waals surface area contributed by atoms with Crippen LogP contribution in [0.2, 0.25) is 10.0 Å². The lowest BCUT2D eigenvalue weighted by molar-refractivity contribution is -0.146. The molecule has 5 heteroatoms. The van der Waals surface area contributed by atoms with Gasteiger partial charge >= 0.3 is 5.97 Å². The second-order valence-corrected chi connectivity index (χ2v) is 6.05. The van der Waals surface area contributed by atoms with E-state index in [0.717, 1.165) is 12.8 Å². The Kier molecular flexibility index (Phi) is 10.1. The van der Waals surface area contributed by atoms with Gasteiger partial charge in [0.15, 0.2) is 6.61 Å². The molecule has 1 aromatic rings. The molecule has 1 aromatic carbocycles. The van der Waals surface area contributed by atoms with Crippen LogP contribution in [0.5, 0.6) is 5.75 Å². The average molecular weight is 347 g/mol. The maximum Gasteiger partial charge on any atom is 0.344 e. The molecular formula is C17H24Cl2O3. The molecule has 1 rings (SSSR count). The van der Waals surface area contributed by atoms with Gasteiger partial charge in [-0.25, -0.2) is 4.79 Å². The largest absolute Gasteiger partial charge is 0.480 e. The van der Waals surface area contributed by atoms with Crippen LogP contribution in [0.1, 0.15) is 51.9 Å². The normalized spacial score (nSPS) is 10.5. The maximum absolute atomic E-state index is 11.6. The zero-order chi connectivity index (χ0) is 16.2. The van der Waals surface area contributed by atoms with Crippen LogP contribution in [-0.4, -0.2) is 19.2 Å². The van der Waals surface area contributed by atoms with Crippen LogP contribution in [0.15, 0.2) is 18.2 Å². The lowest BCUT2D eigenvalue weighted by Crippen LogP contribution is -2.15. The number of unbranched alkanes of at least 4 members (excludes halogenated alkanes) is 6. The van der Waals surface area contributed by atoms with E-state index in [2.05, 4.69) is 6.92 Å². The summed E-state index contributed by atoms with van der Waals surface area (Å²) in [5.74, 6) is 0.0518. The molecule has 124 valence electrons. The first kappa shape index (κ1) is 19.1. The topological polar surface area (TPSA) is 35.5 Å². The lowest BCUT2D eigenvalue weighted by Gasteiger charge is -2.08. The molecule has 0 aliphatic carbocycles. The molecule has 0 radical (unpaired) electrons. The molecule has 0 amide bonds.